The summed E-state index contributed by atoms with van der Waals surface area (Å²) < 4.78 is 14.4. The molecule has 2 aromatic rings. The van der Waals surface area contributed by atoms with Crippen LogP contribution in [0.4, 0.5) is 10.1 Å². The second-order valence-electron chi connectivity index (χ2n) is 6.88. The van der Waals surface area contributed by atoms with E-state index in [4.69, 9.17) is 5.73 Å². The highest BCUT2D eigenvalue weighted by Gasteiger charge is 2.30. The number of hydrogen-bond donors (Lipinski definition) is 2. The third-order valence-corrected chi connectivity index (χ3v) is 5.76. The SMILES string of the molecule is CCC(C(=O)Nc1cc(C2(C)CCSC(N)=N2)ccc1F)c1ccccc1. The maximum Gasteiger partial charge on any atom is 0.231 e. The minimum Gasteiger partial charge on any atom is -0.379 e. The molecule has 0 saturated carbocycles. The summed E-state index contributed by atoms with van der Waals surface area (Å²) in [5.41, 5.74) is 7.32. The highest BCUT2D eigenvalue weighted by Crippen LogP contribution is 2.36. The van der Waals surface area contributed by atoms with Crippen molar-refractivity contribution in [3.63, 3.8) is 0 Å². The summed E-state index contributed by atoms with van der Waals surface area (Å²) in [6.45, 7) is 3.93. The lowest BCUT2D eigenvalue weighted by Crippen LogP contribution is -2.29. The summed E-state index contributed by atoms with van der Waals surface area (Å²) in [6.07, 6.45) is 1.44. The molecule has 0 spiro atoms. The molecule has 1 aliphatic rings. The van der Waals surface area contributed by atoms with Crippen LogP contribution in [0.25, 0.3) is 0 Å². The van der Waals surface area contributed by atoms with Gasteiger partial charge in [0.1, 0.15) is 5.82 Å². The van der Waals surface area contributed by atoms with Gasteiger partial charge in [0, 0.05) is 5.75 Å². The summed E-state index contributed by atoms with van der Waals surface area (Å²) in [7, 11) is 0. The average molecular weight is 386 g/mol. The molecule has 0 bridgehead atoms. The van der Waals surface area contributed by atoms with E-state index in [1.165, 1.54) is 17.8 Å². The molecular formula is C21H24FN3OS. The number of amidine groups is 1. The van der Waals surface area contributed by atoms with Crippen molar-refractivity contribution < 1.29 is 9.18 Å². The molecule has 2 unspecified atom stereocenters. The number of halogens is 1. The Hall–Kier alpha value is -2.34. The third kappa shape index (κ3) is 4.33. The molecule has 0 radical (unpaired) electrons. The van der Waals surface area contributed by atoms with Crippen LogP contribution in [-0.2, 0) is 10.3 Å². The predicted octanol–water partition coefficient (Wildman–Crippen LogP) is 4.62. The van der Waals surface area contributed by atoms with E-state index in [1.807, 2.05) is 44.2 Å². The van der Waals surface area contributed by atoms with Gasteiger partial charge in [-0.05, 0) is 43.0 Å². The van der Waals surface area contributed by atoms with Gasteiger partial charge in [0.25, 0.3) is 0 Å². The van der Waals surface area contributed by atoms with Crippen LogP contribution in [0.3, 0.4) is 0 Å². The number of anilines is 1. The number of carbonyl (C=O) groups excluding carboxylic acids is 1. The van der Waals surface area contributed by atoms with E-state index in [0.717, 1.165) is 23.3 Å². The van der Waals surface area contributed by atoms with Crippen LogP contribution in [-0.4, -0.2) is 16.8 Å². The summed E-state index contributed by atoms with van der Waals surface area (Å²) in [6, 6.07) is 14.3. The van der Waals surface area contributed by atoms with Crippen LogP contribution >= 0.6 is 11.8 Å². The number of rotatable bonds is 5. The molecule has 0 aromatic heterocycles. The van der Waals surface area contributed by atoms with Crippen LogP contribution in [0, 0.1) is 5.82 Å². The first-order valence-corrected chi connectivity index (χ1v) is 10.1. The second kappa shape index (κ2) is 8.13. The molecule has 2 atom stereocenters. The number of benzene rings is 2. The Kier molecular flexibility index (Phi) is 5.85. The molecule has 27 heavy (non-hydrogen) atoms. The number of carbonyl (C=O) groups is 1. The molecule has 6 heteroatoms. The van der Waals surface area contributed by atoms with Gasteiger partial charge >= 0.3 is 0 Å². The molecule has 4 nitrogen and oxygen atoms in total. The Bertz CT molecular complexity index is 856. The standard InChI is InChI=1S/C21H24FN3OS/c1-3-16(14-7-5-4-6-8-14)19(26)24-18-13-15(9-10-17(18)22)21(2)11-12-27-20(23)25-21/h4-10,13,16H,3,11-12H2,1-2H3,(H2,23,25)(H,24,26). The zero-order valence-corrected chi connectivity index (χ0v) is 16.4. The fourth-order valence-corrected chi connectivity index (χ4v) is 4.30. The van der Waals surface area contributed by atoms with E-state index in [9.17, 15) is 9.18 Å². The van der Waals surface area contributed by atoms with Gasteiger partial charge in [-0.15, -0.1) is 0 Å². The Morgan fingerprint density at radius 1 is 1.33 bits per heavy atom. The number of amides is 1. The summed E-state index contributed by atoms with van der Waals surface area (Å²) in [5, 5.41) is 3.30. The van der Waals surface area contributed by atoms with Crippen molar-refractivity contribution in [2.45, 2.75) is 38.1 Å². The first kappa shape index (κ1) is 19.4. The largest absolute Gasteiger partial charge is 0.379 e. The quantitative estimate of drug-likeness (QED) is 0.789. The molecule has 0 saturated heterocycles. The maximum absolute atomic E-state index is 14.4. The van der Waals surface area contributed by atoms with Gasteiger partial charge in [0.05, 0.1) is 17.1 Å². The third-order valence-electron chi connectivity index (χ3n) is 4.97. The average Bonchev–Trinajstić information content (AvgIpc) is 2.65. The molecule has 0 fully saturated rings. The van der Waals surface area contributed by atoms with Gasteiger partial charge in [-0.25, -0.2) is 4.39 Å². The van der Waals surface area contributed by atoms with Gasteiger partial charge in [0.15, 0.2) is 5.17 Å². The molecule has 1 amide bonds. The lowest BCUT2D eigenvalue weighted by atomic mass is 9.89. The number of hydrogen-bond acceptors (Lipinski definition) is 4. The van der Waals surface area contributed by atoms with E-state index >= 15 is 0 Å². The van der Waals surface area contributed by atoms with Crippen LogP contribution in [0.15, 0.2) is 53.5 Å². The second-order valence-corrected chi connectivity index (χ2v) is 7.99. The molecule has 3 rings (SSSR count). The smallest absolute Gasteiger partial charge is 0.231 e. The van der Waals surface area contributed by atoms with Crippen molar-refractivity contribution in [2.24, 2.45) is 10.7 Å². The van der Waals surface area contributed by atoms with Gasteiger partial charge in [-0.1, -0.05) is 55.1 Å². The minimum atomic E-state index is -0.508. The highest BCUT2D eigenvalue weighted by molar-refractivity contribution is 8.13. The molecule has 2 aromatic carbocycles. The number of nitrogens with two attached hydrogens (primary N) is 1. The summed E-state index contributed by atoms with van der Waals surface area (Å²) >= 11 is 1.52. The maximum atomic E-state index is 14.4. The number of nitrogens with zero attached hydrogens (tertiary/aromatic N) is 1. The number of nitrogens with one attached hydrogen (secondary N) is 1. The van der Waals surface area contributed by atoms with Crippen molar-refractivity contribution in [3.05, 3.63) is 65.5 Å². The molecule has 1 aliphatic heterocycles. The Morgan fingerprint density at radius 3 is 2.74 bits per heavy atom. The van der Waals surface area contributed by atoms with Crippen molar-refractivity contribution in [1.82, 2.24) is 0 Å². The fourth-order valence-electron chi connectivity index (χ4n) is 3.33. The highest BCUT2D eigenvalue weighted by atomic mass is 32.2. The van der Waals surface area contributed by atoms with Crippen molar-refractivity contribution in [3.8, 4) is 0 Å². The van der Waals surface area contributed by atoms with Gasteiger partial charge < -0.3 is 11.1 Å². The zero-order valence-electron chi connectivity index (χ0n) is 15.5. The zero-order chi connectivity index (χ0) is 19.4. The first-order chi connectivity index (χ1) is 12.9. The Morgan fingerprint density at radius 2 is 2.07 bits per heavy atom. The van der Waals surface area contributed by atoms with Crippen molar-refractivity contribution >= 4 is 28.5 Å². The van der Waals surface area contributed by atoms with E-state index in [0.29, 0.717) is 11.6 Å². The molecule has 3 N–H and O–H groups in total. The predicted molar refractivity (Wildman–Crippen MR) is 111 cm³/mol. The molecular weight excluding hydrogens is 361 g/mol. The van der Waals surface area contributed by atoms with E-state index < -0.39 is 11.4 Å². The van der Waals surface area contributed by atoms with Gasteiger partial charge in [-0.3, -0.25) is 9.79 Å². The van der Waals surface area contributed by atoms with Crippen LogP contribution in [0.5, 0.6) is 0 Å². The summed E-state index contributed by atoms with van der Waals surface area (Å²) in [5.74, 6) is -0.144. The van der Waals surface area contributed by atoms with E-state index in [1.54, 1.807) is 12.1 Å². The van der Waals surface area contributed by atoms with Crippen LogP contribution < -0.4 is 11.1 Å². The summed E-state index contributed by atoms with van der Waals surface area (Å²) in [4.78, 5) is 17.3. The Balaban J connectivity index is 1.87. The Labute approximate surface area is 163 Å². The van der Waals surface area contributed by atoms with E-state index in [2.05, 4.69) is 10.3 Å². The van der Waals surface area contributed by atoms with Crippen molar-refractivity contribution in [2.75, 3.05) is 11.1 Å². The lowest BCUT2D eigenvalue weighted by Gasteiger charge is -2.30. The topological polar surface area (TPSA) is 67.5 Å². The monoisotopic (exact) mass is 385 g/mol. The minimum absolute atomic E-state index is 0.181. The number of thioether (sulfide) groups is 1. The fraction of sp³-hybridized carbons (Fsp3) is 0.333. The van der Waals surface area contributed by atoms with Gasteiger partial charge in [-0.2, -0.15) is 0 Å². The normalized spacial score (nSPS) is 20.6. The lowest BCUT2D eigenvalue weighted by molar-refractivity contribution is -0.117. The van der Waals surface area contributed by atoms with E-state index in [-0.39, 0.29) is 17.5 Å². The van der Waals surface area contributed by atoms with Crippen LogP contribution in [0.2, 0.25) is 0 Å². The first-order valence-electron chi connectivity index (χ1n) is 9.07. The molecule has 1 heterocycles. The molecule has 0 aliphatic carbocycles. The van der Waals surface area contributed by atoms with Gasteiger partial charge in [0.2, 0.25) is 5.91 Å². The number of aliphatic imine (C=N–C) groups is 1. The van der Waals surface area contributed by atoms with Crippen molar-refractivity contribution in [1.29, 1.82) is 0 Å². The van der Waals surface area contributed by atoms with Crippen LogP contribution in [0.1, 0.15) is 43.7 Å². The molecule has 142 valence electrons.